The normalized spacial score (nSPS) is 13.8. The molecule has 0 aromatic rings. The molecule has 0 heterocycles. The van der Waals surface area contributed by atoms with Crippen LogP contribution in [0, 0.1) is 0 Å². The van der Waals surface area contributed by atoms with Gasteiger partial charge < -0.3 is 20.1 Å². The minimum Gasteiger partial charge on any atom is -0.462 e. The van der Waals surface area contributed by atoms with Gasteiger partial charge in [-0.05, 0) is 70.6 Å². The van der Waals surface area contributed by atoms with Crippen molar-refractivity contribution in [3.05, 3.63) is 85.1 Å². The Kier molecular flexibility index (Phi) is 50.4. The molecule has 0 aromatic carbocycles. The molecule has 0 aliphatic heterocycles. The Morgan fingerprint density at radius 3 is 1.22 bits per heavy atom. The molecule has 0 saturated heterocycles. The third-order valence-electron chi connectivity index (χ3n) is 11.3. The molecule has 0 fully saturated rings. The smallest absolute Gasteiger partial charge is 0.462 e. The minimum atomic E-state index is -4.37. The third-order valence-corrected chi connectivity index (χ3v) is 12.3. The molecule has 0 aliphatic carbocycles. The summed E-state index contributed by atoms with van der Waals surface area (Å²) >= 11 is 0. The molecule has 0 saturated carbocycles. The van der Waals surface area contributed by atoms with Crippen LogP contribution >= 0.6 is 7.82 Å². The van der Waals surface area contributed by atoms with E-state index in [1.807, 2.05) is 0 Å². The quantitative estimate of drug-likeness (QED) is 0.0264. The fourth-order valence-electron chi connectivity index (χ4n) is 7.32. The number of ether oxygens (including phenoxy) is 2. The van der Waals surface area contributed by atoms with E-state index in [4.69, 9.17) is 24.3 Å². The summed E-state index contributed by atoms with van der Waals surface area (Å²) in [5.74, 6) is -0.839. The molecule has 0 spiro atoms. The number of phosphoric acid groups is 1. The van der Waals surface area contributed by atoms with Gasteiger partial charge in [0.25, 0.3) is 0 Å². The average molecular weight is 958 g/mol. The van der Waals surface area contributed by atoms with Crippen LogP contribution in [-0.2, 0) is 32.7 Å². The van der Waals surface area contributed by atoms with Crippen LogP contribution in [0.1, 0.15) is 232 Å². The monoisotopic (exact) mass is 958 g/mol. The summed E-state index contributed by atoms with van der Waals surface area (Å²) in [6.45, 7) is 3.52. The summed E-state index contributed by atoms with van der Waals surface area (Å²) in [4.78, 5) is 34.6. The van der Waals surface area contributed by atoms with Gasteiger partial charge in [0.15, 0.2) is 6.10 Å². The summed E-state index contributed by atoms with van der Waals surface area (Å²) in [6.07, 6.45) is 68.6. The summed E-state index contributed by atoms with van der Waals surface area (Å²) in [5, 5.41) is 0. The van der Waals surface area contributed by atoms with Crippen molar-refractivity contribution < 1.29 is 37.6 Å². The fraction of sp³-hybridized carbons (Fsp3) is 0.719. The van der Waals surface area contributed by atoms with Crippen molar-refractivity contribution in [2.75, 3.05) is 26.4 Å². The second-order valence-corrected chi connectivity index (χ2v) is 19.2. The van der Waals surface area contributed by atoms with Crippen molar-refractivity contribution in [1.29, 1.82) is 0 Å². The Balaban J connectivity index is 3.69. The lowest BCUT2D eigenvalue weighted by molar-refractivity contribution is -0.161. The lowest BCUT2D eigenvalue weighted by atomic mass is 10.0. The maximum atomic E-state index is 12.6. The van der Waals surface area contributed by atoms with Gasteiger partial charge in [0.05, 0.1) is 13.2 Å². The number of phosphoric ester groups is 1. The second-order valence-electron chi connectivity index (χ2n) is 17.7. The van der Waals surface area contributed by atoms with E-state index in [9.17, 15) is 19.0 Å². The first-order chi connectivity index (χ1) is 32.8. The summed E-state index contributed by atoms with van der Waals surface area (Å²) in [6, 6.07) is 0. The number of nitrogens with two attached hydrogens (primary N) is 1. The molecule has 67 heavy (non-hydrogen) atoms. The zero-order valence-corrected chi connectivity index (χ0v) is 43.8. The molecule has 0 radical (unpaired) electrons. The van der Waals surface area contributed by atoms with E-state index < -0.39 is 32.5 Å². The Morgan fingerprint density at radius 2 is 0.821 bits per heavy atom. The van der Waals surface area contributed by atoms with Crippen molar-refractivity contribution in [3.8, 4) is 0 Å². The highest BCUT2D eigenvalue weighted by atomic mass is 31.2. The number of hydrogen-bond donors (Lipinski definition) is 2. The van der Waals surface area contributed by atoms with Crippen LogP contribution in [0.5, 0.6) is 0 Å². The largest absolute Gasteiger partial charge is 0.472 e. The zero-order chi connectivity index (χ0) is 48.8. The highest BCUT2D eigenvalue weighted by Crippen LogP contribution is 2.43. The predicted octanol–water partition coefficient (Wildman–Crippen LogP) is 16.7. The number of carbonyl (C=O) groups excluding carboxylic acids is 2. The number of hydrogen-bond acceptors (Lipinski definition) is 8. The molecule has 3 N–H and O–H groups in total. The summed E-state index contributed by atoms with van der Waals surface area (Å²) in [7, 11) is -4.37. The zero-order valence-electron chi connectivity index (χ0n) is 42.9. The number of carbonyl (C=O) groups is 2. The first kappa shape index (κ1) is 64.2. The van der Waals surface area contributed by atoms with Gasteiger partial charge in [0.1, 0.15) is 6.61 Å². The second kappa shape index (κ2) is 52.6. The van der Waals surface area contributed by atoms with E-state index >= 15 is 0 Å². The molecule has 0 aromatic heterocycles. The van der Waals surface area contributed by atoms with E-state index in [1.165, 1.54) is 103 Å². The first-order valence-corrected chi connectivity index (χ1v) is 28.6. The van der Waals surface area contributed by atoms with Gasteiger partial charge in [0, 0.05) is 19.4 Å². The van der Waals surface area contributed by atoms with Gasteiger partial charge in [-0.15, -0.1) is 0 Å². The molecule has 0 rings (SSSR count). The van der Waals surface area contributed by atoms with Crippen LogP contribution in [0.2, 0.25) is 0 Å². The standard InChI is InChI=1S/C57H100NO8P/c1-3-5-7-9-10-11-12-13-14-15-16-17-18-19-20-21-22-23-24-25-26-27-28-29-30-31-32-33-34-35-36-37-38-39-40-41-42-43-44-46-48-50-57(60)66-55(54-65-67(61,62)64-52-51-58)53-63-56(59)49-47-45-8-6-4-2/h5,7,10-11,13-14,16-17,19-20,22-23,25-26,55H,3-4,6,8-9,12,15,18,21,24,27-54,58H2,1-2H3,(H,61,62)/b7-5-,11-10-,14-13-,17-16-,20-19-,23-22-,26-25-. The van der Waals surface area contributed by atoms with Gasteiger partial charge in [-0.25, -0.2) is 4.57 Å². The topological polar surface area (TPSA) is 134 Å². The van der Waals surface area contributed by atoms with Crippen LogP contribution in [0.4, 0.5) is 0 Å². The molecule has 0 amide bonds. The number of unbranched alkanes of at least 4 members (excludes halogenated alkanes) is 23. The van der Waals surface area contributed by atoms with Gasteiger partial charge in [-0.3, -0.25) is 18.6 Å². The van der Waals surface area contributed by atoms with Crippen molar-refractivity contribution >= 4 is 19.8 Å². The lowest BCUT2D eigenvalue weighted by Gasteiger charge is -2.19. The van der Waals surface area contributed by atoms with Crippen LogP contribution in [0.15, 0.2) is 85.1 Å². The minimum absolute atomic E-state index is 0.0530. The van der Waals surface area contributed by atoms with Gasteiger partial charge in [-0.1, -0.05) is 234 Å². The van der Waals surface area contributed by atoms with E-state index in [0.29, 0.717) is 6.42 Å². The van der Waals surface area contributed by atoms with Gasteiger partial charge in [-0.2, -0.15) is 0 Å². The van der Waals surface area contributed by atoms with E-state index in [0.717, 1.165) is 96.3 Å². The van der Waals surface area contributed by atoms with Crippen molar-refractivity contribution in [2.45, 2.75) is 238 Å². The van der Waals surface area contributed by atoms with Gasteiger partial charge >= 0.3 is 19.8 Å². The number of allylic oxidation sites excluding steroid dienone is 14. The summed E-state index contributed by atoms with van der Waals surface area (Å²) in [5.41, 5.74) is 5.34. The molecule has 2 atom stereocenters. The SMILES string of the molecule is CC/C=C\C/C=C\C/C=C\C/C=C\C/C=C\C/C=C\C/C=C\CCCCCCCCCCCCCCCCCCCCCC(=O)OC(COC(=O)CCCCCCC)COP(=O)(O)OCCN. The fourth-order valence-corrected chi connectivity index (χ4v) is 8.09. The van der Waals surface area contributed by atoms with Crippen molar-refractivity contribution in [1.82, 2.24) is 0 Å². The molecule has 386 valence electrons. The molecular weight excluding hydrogens is 858 g/mol. The molecule has 10 heteroatoms. The third kappa shape index (κ3) is 52.4. The molecule has 9 nitrogen and oxygen atoms in total. The lowest BCUT2D eigenvalue weighted by Crippen LogP contribution is -2.29. The highest BCUT2D eigenvalue weighted by Gasteiger charge is 2.26. The number of rotatable bonds is 50. The van der Waals surface area contributed by atoms with Crippen molar-refractivity contribution in [3.63, 3.8) is 0 Å². The van der Waals surface area contributed by atoms with E-state index in [1.54, 1.807) is 0 Å². The van der Waals surface area contributed by atoms with Crippen LogP contribution in [0.25, 0.3) is 0 Å². The van der Waals surface area contributed by atoms with Gasteiger partial charge in [0.2, 0.25) is 0 Å². The first-order valence-electron chi connectivity index (χ1n) is 27.1. The van der Waals surface area contributed by atoms with Crippen molar-refractivity contribution in [2.24, 2.45) is 5.73 Å². The Bertz CT molecular complexity index is 1370. The molecule has 0 bridgehead atoms. The summed E-state index contributed by atoms with van der Waals surface area (Å²) < 4.78 is 32.6. The van der Waals surface area contributed by atoms with E-state index in [-0.39, 0.29) is 32.6 Å². The van der Waals surface area contributed by atoms with E-state index in [2.05, 4.69) is 98.9 Å². The Hall–Kier alpha value is -2.81. The predicted molar refractivity (Wildman–Crippen MR) is 284 cm³/mol. The molecule has 0 aliphatic rings. The van der Waals surface area contributed by atoms with Crippen LogP contribution in [-0.4, -0.2) is 49.3 Å². The number of esters is 2. The maximum Gasteiger partial charge on any atom is 0.472 e. The Morgan fingerprint density at radius 1 is 0.463 bits per heavy atom. The van der Waals surface area contributed by atoms with Crippen LogP contribution < -0.4 is 5.73 Å². The highest BCUT2D eigenvalue weighted by molar-refractivity contribution is 7.47. The molecule has 2 unspecified atom stereocenters. The van der Waals surface area contributed by atoms with Crippen LogP contribution in [0.3, 0.4) is 0 Å². The average Bonchev–Trinajstić information content (AvgIpc) is 3.32. The Labute approximate surface area is 411 Å². The maximum absolute atomic E-state index is 12.6. The molecular formula is C57H100NO8P.